The van der Waals surface area contributed by atoms with Gasteiger partial charge in [-0.15, -0.1) is 0 Å². The predicted molar refractivity (Wildman–Crippen MR) is 117 cm³/mol. The summed E-state index contributed by atoms with van der Waals surface area (Å²) in [4.78, 5) is 15.0. The minimum Gasteiger partial charge on any atom is -0.454 e. The van der Waals surface area contributed by atoms with E-state index < -0.39 is 0 Å². The minimum atomic E-state index is 0.000488. The molecule has 2 aliphatic heterocycles. The Balaban J connectivity index is 1.29. The molecule has 7 heteroatoms. The van der Waals surface area contributed by atoms with Crippen LogP contribution in [-0.2, 0) is 0 Å². The molecule has 3 heterocycles. The number of carbonyl (C=O) groups is 1. The van der Waals surface area contributed by atoms with Crippen LogP contribution in [0.25, 0.3) is 11.3 Å². The fraction of sp³-hybridized carbons (Fsp3) is 0.304. The normalized spacial score (nSPS) is 18.3. The first-order chi connectivity index (χ1) is 14.7. The summed E-state index contributed by atoms with van der Waals surface area (Å²) in [6.45, 7) is 3.87. The number of rotatable bonds is 3. The van der Waals surface area contributed by atoms with E-state index in [-0.39, 0.29) is 12.7 Å². The van der Waals surface area contributed by atoms with Gasteiger partial charge in [0.05, 0.1) is 5.69 Å². The van der Waals surface area contributed by atoms with Gasteiger partial charge in [0.25, 0.3) is 5.91 Å². The van der Waals surface area contributed by atoms with Crippen LogP contribution in [0.15, 0.2) is 48.5 Å². The highest BCUT2D eigenvalue weighted by Crippen LogP contribution is 2.37. The minimum absolute atomic E-state index is 0.000488. The van der Waals surface area contributed by atoms with E-state index in [1.807, 2.05) is 40.9 Å². The molecule has 0 spiro atoms. The van der Waals surface area contributed by atoms with Gasteiger partial charge in [0.2, 0.25) is 6.79 Å². The summed E-state index contributed by atoms with van der Waals surface area (Å²) in [7, 11) is 0. The second-order valence-electron chi connectivity index (χ2n) is 7.53. The number of aryl methyl sites for hydroxylation is 1. The average molecular weight is 422 g/mol. The third-order valence-electron chi connectivity index (χ3n) is 5.64. The zero-order valence-electron chi connectivity index (χ0n) is 16.8. The summed E-state index contributed by atoms with van der Waals surface area (Å²) in [6.07, 6.45) is 0.949. The first kappa shape index (κ1) is 19.1. The molecule has 1 fully saturated rings. The van der Waals surface area contributed by atoms with Gasteiger partial charge in [0.1, 0.15) is 5.69 Å². The van der Waals surface area contributed by atoms with Gasteiger partial charge in [-0.25, -0.2) is 0 Å². The van der Waals surface area contributed by atoms with Crippen LogP contribution < -0.4 is 9.47 Å². The van der Waals surface area contributed by atoms with E-state index in [1.54, 1.807) is 0 Å². The Morgan fingerprint density at radius 3 is 2.90 bits per heavy atom. The summed E-state index contributed by atoms with van der Waals surface area (Å²) >= 11 is 1.94. The molecule has 1 N–H and O–H groups in total. The van der Waals surface area contributed by atoms with Crippen molar-refractivity contribution < 1.29 is 14.3 Å². The Kier molecular flexibility index (Phi) is 5.12. The van der Waals surface area contributed by atoms with Crippen LogP contribution in [0.5, 0.6) is 11.5 Å². The molecule has 1 atom stereocenters. The molecule has 6 nitrogen and oxygen atoms in total. The average Bonchev–Trinajstić information content (AvgIpc) is 3.38. The summed E-state index contributed by atoms with van der Waals surface area (Å²) in [6, 6.07) is 16.0. The lowest BCUT2D eigenvalue weighted by Crippen LogP contribution is -2.33. The summed E-state index contributed by atoms with van der Waals surface area (Å²) in [5.41, 5.74) is 4.82. The fourth-order valence-corrected chi connectivity index (χ4v) is 5.30. The molecule has 2 aromatic carbocycles. The number of aromatic amines is 1. The number of hydrogen-bond acceptors (Lipinski definition) is 5. The Hall–Kier alpha value is -2.93. The largest absolute Gasteiger partial charge is 0.454 e. The summed E-state index contributed by atoms with van der Waals surface area (Å²) in [5.74, 6) is 2.36. The molecular weight excluding hydrogens is 398 g/mol. The smallest absolute Gasteiger partial charge is 0.271 e. The zero-order valence-corrected chi connectivity index (χ0v) is 17.6. The van der Waals surface area contributed by atoms with Gasteiger partial charge in [0, 0.05) is 29.7 Å². The number of fused-ring (bicyclic) bond motifs is 1. The molecule has 0 unspecified atom stereocenters. The Labute approximate surface area is 179 Å². The number of benzene rings is 2. The molecule has 5 rings (SSSR count). The van der Waals surface area contributed by atoms with E-state index in [0.717, 1.165) is 42.3 Å². The number of ether oxygens (including phenoxy) is 2. The van der Waals surface area contributed by atoms with Crippen LogP contribution in [0.1, 0.15) is 33.3 Å². The summed E-state index contributed by atoms with van der Waals surface area (Å²) < 4.78 is 10.8. The highest BCUT2D eigenvalue weighted by Gasteiger charge is 2.25. The number of carbonyl (C=O) groups excluding carboxylic acids is 1. The lowest BCUT2D eigenvalue weighted by atomic mass is 10.0. The van der Waals surface area contributed by atoms with Crippen molar-refractivity contribution in [1.82, 2.24) is 15.1 Å². The van der Waals surface area contributed by atoms with Crippen molar-refractivity contribution >= 4 is 17.7 Å². The van der Waals surface area contributed by atoms with Gasteiger partial charge in [-0.2, -0.15) is 16.9 Å². The molecule has 2 aliphatic rings. The number of thioether (sulfide) groups is 1. The zero-order chi connectivity index (χ0) is 20.5. The van der Waals surface area contributed by atoms with E-state index in [0.29, 0.717) is 16.7 Å². The second kappa shape index (κ2) is 8.07. The molecule has 0 radical (unpaired) electrons. The van der Waals surface area contributed by atoms with Crippen LogP contribution in [0.4, 0.5) is 0 Å². The van der Waals surface area contributed by atoms with Crippen LogP contribution in [0.3, 0.4) is 0 Å². The molecule has 1 saturated heterocycles. The molecular formula is C23H23N3O3S. The highest BCUT2D eigenvalue weighted by molar-refractivity contribution is 7.99. The topological polar surface area (TPSA) is 67.5 Å². The standard InChI is InChI=1S/C23H23N3O3S/c1-15-4-2-3-5-17(15)22-8-9-26(10-11-30-22)23(27)19-13-18(24-25-19)16-6-7-20-21(12-16)29-14-28-20/h2-7,12-13,22H,8-11,14H2,1H3,(H,24,25)/t22-/m1/s1. The Morgan fingerprint density at radius 2 is 2.00 bits per heavy atom. The van der Waals surface area contributed by atoms with Crippen LogP contribution in [0, 0.1) is 6.92 Å². The van der Waals surface area contributed by atoms with Crippen molar-refractivity contribution in [3.05, 3.63) is 65.4 Å². The van der Waals surface area contributed by atoms with Crippen molar-refractivity contribution in [2.45, 2.75) is 18.6 Å². The number of hydrogen-bond donors (Lipinski definition) is 1. The van der Waals surface area contributed by atoms with Gasteiger partial charge < -0.3 is 14.4 Å². The molecule has 1 amide bonds. The highest BCUT2D eigenvalue weighted by atomic mass is 32.2. The number of amides is 1. The maximum atomic E-state index is 13.1. The van der Waals surface area contributed by atoms with Gasteiger partial charge in [0.15, 0.2) is 11.5 Å². The van der Waals surface area contributed by atoms with Gasteiger partial charge in [-0.05, 0) is 48.7 Å². The Morgan fingerprint density at radius 1 is 1.13 bits per heavy atom. The lowest BCUT2D eigenvalue weighted by Gasteiger charge is -2.19. The first-order valence-corrected chi connectivity index (χ1v) is 11.2. The quantitative estimate of drug-likeness (QED) is 0.677. The van der Waals surface area contributed by atoms with E-state index in [4.69, 9.17) is 9.47 Å². The van der Waals surface area contributed by atoms with E-state index in [1.165, 1.54) is 11.1 Å². The number of nitrogens with zero attached hydrogens (tertiary/aromatic N) is 2. The molecule has 3 aromatic rings. The van der Waals surface area contributed by atoms with Crippen LogP contribution >= 0.6 is 11.8 Å². The maximum Gasteiger partial charge on any atom is 0.271 e. The molecule has 1 aromatic heterocycles. The van der Waals surface area contributed by atoms with Crippen LogP contribution in [-0.4, -0.2) is 46.6 Å². The number of nitrogens with one attached hydrogen (secondary N) is 1. The number of aromatic nitrogens is 2. The van der Waals surface area contributed by atoms with Crippen LogP contribution in [0.2, 0.25) is 0 Å². The predicted octanol–water partition coefficient (Wildman–Crippen LogP) is 4.43. The third-order valence-corrected chi connectivity index (χ3v) is 6.95. The lowest BCUT2D eigenvalue weighted by molar-refractivity contribution is 0.0760. The fourth-order valence-electron chi connectivity index (χ4n) is 3.98. The first-order valence-electron chi connectivity index (χ1n) is 10.1. The molecule has 0 aliphatic carbocycles. The molecule has 154 valence electrons. The van der Waals surface area contributed by atoms with Gasteiger partial charge in [-0.3, -0.25) is 9.89 Å². The third kappa shape index (κ3) is 3.65. The monoisotopic (exact) mass is 421 g/mol. The second-order valence-corrected chi connectivity index (χ2v) is 8.84. The van der Waals surface area contributed by atoms with Crippen molar-refractivity contribution in [3.63, 3.8) is 0 Å². The van der Waals surface area contributed by atoms with Crippen molar-refractivity contribution in [1.29, 1.82) is 0 Å². The van der Waals surface area contributed by atoms with E-state index in [2.05, 4.69) is 41.4 Å². The molecule has 30 heavy (non-hydrogen) atoms. The van der Waals surface area contributed by atoms with Gasteiger partial charge in [-0.1, -0.05) is 24.3 Å². The van der Waals surface area contributed by atoms with Crippen molar-refractivity contribution in [3.8, 4) is 22.8 Å². The SMILES string of the molecule is Cc1ccccc1[C@H]1CCN(C(=O)c2cc(-c3ccc4c(c3)OCO4)n[nH]2)CCS1. The molecule has 0 saturated carbocycles. The summed E-state index contributed by atoms with van der Waals surface area (Å²) in [5, 5.41) is 7.70. The van der Waals surface area contributed by atoms with Crippen molar-refractivity contribution in [2.75, 3.05) is 25.6 Å². The van der Waals surface area contributed by atoms with E-state index in [9.17, 15) is 4.79 Å². The molecule has 0 bridgehead atoms. The Bertz CT molecular complexity index is 1080. The van der Waals surface area contributed by atoms with Crippen molar-refractivity contribution in [2.24, 2.45) is 0 Å². The van der Waals surface area contributed by atoms with Gasteiger partial charge >= 0.3 is 0 Å². The maximum absolute atomic E-state index is 13.1. The number of H-pyrrole nitrogens is 1. The van der Waals surface area contributed by atoms with E-state index >= 15 is 0 Å².